The van der Waals surface area contributed by atoms with E-state index in [1.165, 1.54) is 17.1 Å². The Morgan fingerprint density at radius 1 is 1.29 bits per heavy atom. The molecule has 0 spiro atoms. The number of hydrogen-bond acceptors (Lipinski definition) is 5. The molecule has 0 unspecified atom stereocenters. The second-order valence-corrected chi connectivity index (χ2v) is 7.36. The third-order valence-corrected chi connectivity index (χ3v) is 6.15. The lowest BCUT2D eigenvalue weighted by molar-refractivity contribution is -0.128. The fourth-order valence-electron chi connectivity index (χ4n) is 1.93. The number of benzene rings is 1. The summed E-state index contributed by atoms with van der Waals surface area (Å²) in [7, 11) is 0. The van der Waals surface area contributed by atoms with Crippen LogP contribution in [0.4, 0.5) is 0 Å². The number of carbonyl (C=O) groups is 2. The first-order valence-corrected chi connectivity index (χ1v) is 9.03. The van der Waals surface area contributed by atoms with Gasteiger partial charge in [0.25, 0.3) is 5.91 Å². The average Bonchev–Trinajstić information content (AvgIpc) is 3.01. The first kappa shape index (κ1) is 16.2. The van der Waals surface area contributed by atoms with Crippen molar-refractivity contribution < 1.29 is 14.3 Å². The highest BCUT2D eigenvalue weighted by atomic mass is 32.2. The van der Waals surface area contributed by atoms with E-state index >= 15 is 0 Å². The quantitative estimate of drug-likeness (QED) is 0.844. The molecule has 0 radical (unpaired) electrons. The summed E-state index contributed by atoms with van der Waals surface area (Å²) in [6.07, 6.45) is -0.780. The molecule has 1 aliphatic rings. The highest BCUT2D eigenvalue weighted by molar-refractivity contribution is 8.19. The third kappa shape index (κ3) is 4.41. The number of thioether (sulfide) groups is 2. The first-order valence-electron chi connectivity index (χ1n) is 6.93. The van der Waals surface area contributed by atoms with E-state index in [-0.39, 0.29) is 5.91 Å². The lowest BCUT2D eigenvalue weighted by atomic mass is 10.1. The number of esters is 1. The molecule has 1 fully saturated rings. The fourth-order valence-corrected chi connectivity index (χ4v) is 4.79. The monoisotopic (exact) mass is 325 g/mol. The molecule has 1 aromatic carbocycles. The first-order chi connectivity index (χ1) is 10.1. The predicted molar refractivity (Wildman–Crippen MR) is 87.7 cm³/mol. The van der Waals surface area contributed by atoms with Crippen molar-refractivity contribution in [2.75, 3.05) is 18.1 Å². The summed E-state index contributed by atoms with van der Waals surface area (Å²) in [4.78, 5) is 23.5. The van der Waals surface area contributed by atoms with Crippen molar-refractivity contribution >= 4 is 35.4 Å². The van der Waals surface area contributed by atoms with E-state index in [2.05, 4.69) is 5.32 Å². The molecule has 114 valence electrons. The molecule has 0 aromatic heterocycles. The van der Waals surface area contributed by atoms with Gasteiger partial charge in [0, 0.05) is 18.1 Å². The van der Waals surface area contributed by atoms with Gasteiger partial charge in [0.05, 0.1) is 10.1 Å². The van der Waals surface area contributed by atoms with Gasteiger partial charge in [-0.05, 0) is 31.5 Å². The molecular formula is C15H19NO3S2. The molecule has 1 amide bonds. The van der Waals surface area contributed by atoms with Crippen molar-refractivity contribution in [3.63, 3.8) is 0 Å². The summed E-state index contributed by atoms with van der Waals surface area (Å²) >= 11 is 3.85. The van der Waals surface area contributed by atoms with Crippen molar-refractivity contribution in [3.8, 4) is 0 Å². The zero-order chi connectivity index (χ0) is 15.2. The molecule has 21 heavy (non-hydrogen) atoms. The van der Waals surface area contributed by atoms with Crippen molar-refractivity contribution in [2.24, 2.45) is 0 Å². The van der Waals surface area contributed by atoms with Crippen LogP contribution in [0.2, 0.25) is 0 Å². The van der Waals surface area contributed by atoms with E-state index < -0.39 is 12.1 Å². The Morgan fingerprint density at radius 3 is 2.48 bits per heavy atom. The Hall–Kier alpha value is -1.14. The molecule has 1 N–H and O–H groups in total. The molecule has 0 saturated carbocycles. The Bertz CT molecular complexity index is 498. The summed E-state index contributed by atoms with van der Waals surface area (Å²) < 4.78 is 5.62. The van der Waals surface area contributed by atoms with E-state index in [1.54, 1.807) is 19.1 Å². The van der Waals surface area contributed by atoms with E-state index in [4.69, 9.17) is 4.74 Å². The summed E-state index contributed by atoms with van der Waals surface area (Å²) in [5.74, 6) is 1.60. The van der Waals surface area contributed by atoms with Crippen LogP contribution in [-0.2, 0) is 9.53 Å². The molecule has 4 nitrogen and oxygen atoms in total. The van der Waals surface area contributed by atoms with Crippen LogP contribution in [-0.4, -0.2) is 36.0 Å². The molecule has 1 atom stereocenters. The fraction of sp³-hybridized carbons (Fsp3) is 0.467. The maximum Gasteiger partial charge on any atom is 0.338 e. The van der Waals surface area contributed by atoms with Crippen LogP contribution in [0.25, 0.3) is 0 Å². The molecule has 1 heterocycles. The Labute approximate surface area is 133 Å². The third-order valence-electron chi connectivity index (χ3n) is 3.04. The molecule has 6 heteroatoms. The van der Waals surface area contributed by atoms with Crippen molar-refractivity contribution in [1.29, 1.82) is 0 Å². The van der Waals surface area contributed by atoms with Gasteiger partial charge in [-0.2, -0.15) is 0 Å². The number of ether oxygens (including phenoxy) is 1. The minimum Gasteiger partial charge on any atom is -0.449 e. The Kier molecular flexibility index (Phi) is 5.99. The van der Waals surface area contributed by atoms with Gasteiger partial charge < -0.3 is 10.1 Å². The normalized spacial score (nSPS) is 16.5. The van der Waals surface area contributed by atoms with Gasteiger partial charge in [0.15, 0.2) is 6.10 Å². The molecular weight excluding hydrogens is 306 g/mol. The van der Waals surface area contributed by atoms with E-state index in [1.807, 2.05) is 42.6 Å². The molecule has 0 aliphatic carbocycles. The van der Waals surface area contributed by atoms with Crippen LogP contribution in [0.1, 0.15) is 34.4 Å². The van der Waals surface area contributed by atoms with Gasteiger partial charge in [-0.1, -0.05) is 12.1 Å². The van der Waals surface area contributed by atoms with Crippen molar-refractivity contribution in [3.05, 3.63) is 35.4 Å². The average molecular weight is 325 g/mol. The second kappa shape index (κ2) is 7.75. The SMILES string of the molecule is CCNC(=O)[C@H](C)OC(=O)c1ccc(C2SCCS2)cc1. The van der Waals surface area contributed by atoms with Crippen LogP contribution in [0.5, 0.6) is 0 Å². The highest BCUT2D eigenvalue weighted by Crippen LogP contribution is 2.45. The molecule has 0 bridgehead atoms. The largest absolute Gasteiger partial charge is 0.449 e. The van der Waals surface area contributed by atoms with Gasteiger partial charge in [-0.15, -0.1) is 23.5 Å². The maximum absolute atomic E-state index is 12.0. The minimum absolute atomic E-state index is 0.277. The minimum atomic E-state index is -0.780. The predicted octanol–water partition coefficient (Wildman–Crippen LogP) is 2.85. The van der Waals surface area contributed by atoms with Crippen molar-refractivity contribution in [1.82, 2.24) is 5.32 Å². The number of nitrogens with one attached hydrogen (secondary N) is 1. The molecule has 1 aromatic rings. The van der Waals surface area contributed by atoms with Gasteiger partial charge in [-0.3, -0.25) is 4.79 Å². The summed E-state index contributed by atoms with van der Waals surface area (Å²) in [5, 5.41) is 2.63. The van der Waals surface area contributed by atoms with Crippen LogP contribution in [0.15, 0.2) is 24.3 Å². The number of amides is 1. The van der Waals surface area contributed by atoms with Gasteiger partial charge >= 0.3 is 5.97 Å². The van der Waals surface area contributed by atoms with E-state index in [9.17, 15) is 9.59 Å². The second-order valence-electron chi connectivity index (χ2n) is 4.64. The standard InChI is InChI=1S/C15H19NO3S2/c1-3-16-13(17)10(2)19-14(18)11-4-6-12(7-5-11)15-20-8-9-21-15/h4-7,10,15H,3,8-9H2,1-2H3,(H,16,17)/t10-/m0/s1. The van der Waals surface area contributed by atoms with Crippen LogP contribution < -0.4 is 5.32 Å². The van der Waals surface area contributed by atoms with Gasteiger partial charge in [-0.25, -0.2) is 4.79 Å². The summed E-state index contributed by atoms with van der Waals surface area (Å²) in [6, 6.07) is 7.45. The number of hydrogen-bond donors (Lipinski definition) is 1. The highest BCUT2D eigenvalue weighted by Gasteiger charge is 2.20. The number of rotatable bonds is 5. The topological polar surface area (TPSA) is 55.4 Å². The maximum atomic E-state index is 12.0. The summed E-state index contributed by atoms with van der Waals surface area (Å²) in [6.45, 7) is 3.92. The van der Waals surface area contributed by atoms with Crippen LogP contribution in [0, 0.1) is 0 Å². The summed E-state index contributed by atoms with van der Waals surface area (Å²) in [5.41, 5.74) is 1.69. The van der Waals surface area contributed by atoms with E-state index in [0.29, 0.717) is 16.7 Å². The Balaban J connectivity index is 1.94. The molecule has 1 aliphatic heterocycles. The zero-order valence-corrected chi connectivity index (χ0v) is 13.8. The molecule has 1 saturated heterocycles. The van der Waals surface area contributed by atoms with E-state index in [0.717, 1.165) is 0 Å². The lowest BCUT2D eigenvalue weighted by Crippen LogP contribution is -2.35. The number of likely N-dealkylation sites (N-methyl/N-ethyl adjacent to an activating group) is 1. The zero-order valence-electron chi connectivity index (χ0n) is 12.1. The van der Waals surface area contributed by atoms with Crippen LogP contribution >= 0.6 is 23.5 Å². The van der Waals surface area contributed by atoms with Gasteiger partial charge in [0.2, 0.25) is 0 Å². The number of carbonyl (C=O) groups excluding carboxylic acids is 2. The van der Waals surface area contributed by atoms with Crippen LogP contribution in [0.3, 0.4) is 0 Å². The Morgan fingerprint density at radius 2 is 1.90 bits per heavy atom. The van der Waals surface area contributed by atoms with Gasteiger partial charge in [0.1, 0.15) is 0 Å². The molecule has 2 rings (SSSR count). The van der Waals surface area contributed by atoms with Crippen molar-refractivity contribution in [2.45, 2.75) is 24.5 Å². The smallest absolute Gasteiger partial charge is 0.338 e. The lowest BCUT2D eigenvalue weighted by Gasteiger charge is -2.13.